The van der Waals surface area contributed by atoms with Crippen LogP contribution in [-0.4, -0.2) is 0 Å². The molecule has 0 bridgehead atoms. The highest BCUT2D eigenvalue weighted by Crippen LogP contribution is 2.76. The van der Waals surface area contributed by atoms with Gasteiger partial charge in [-0.05, 0) is 122 Å². The maximum atomic E-state index is 3.66. The lowest BCUT2D eigenvalue weighted by atomic mass is 9.32. The molecule has 0 N–H and O–H groups in total. The van der Waals surface area contributed by atoms with E-state index in [4.69, 9.17) is 0 Å². The van der Waals surface area contributed by atoms with Gasteiger partial charge in [-0.15, -0.1) is 5.92 Å². The van der Waals surface area contributed by atoms with Gasteiger partial charge in [0.15, 0.2) is 0 Å². The van der Waals surface area contributed by atoms with E-state index < -0.39 is 0 Å². The molecule has 0 amide bonds. The van der Waals surface area contributed by atoms with E-state index in [1.165, 1.54) is 51.4 Å². The maximum Gasteiger partial charge on any atom is 0.0292 e. The second-order valence-electron chi connectivity index (χ2n) is 14.4. The van der Waals surface area contributed by atoms with Gasteiger partial charge in [-0.2, -0.15) is 0 Å². The molecule has 0 aromatic rings. The van der Waals surface area contributed by atoms with E-state index in [-0.39, 0.29) is 5.41 Å². The zero-order valence-corrected chi connectivity index (χ0v) is 21.3. The summed E-state index contributed by atoms with van der Waals surface area (Å²) in [6.45, 7) is 21.0. The Morgan fingerprint density at radius 2 is 1.43 bits per heavy atom. The van der Waals surface area contributed by atoms with Crippen LogP contribution in [-0.2, 0) is 0 Å². The normalized spacial score (nSPS) is 58.9. The van der Waals surface area contributed by atoms with Gasteiger partial charge in [0.05, 0.1) is 0 Å². The summed E-state index contributed by atoms with van der Waals surface area (Å²) in [5, 5.41) is 0. The molecule has 0 spiro atoms. The van der Waals surface area contributed by atoms with E-state index in [1.807, 2.05) is 0 Å². The lowest BCUT2D eigenvalue weighted by Crippen LogP contribution is -2.66. The first-order valence-corrected chi connectivity index (χ1v) is 13.4. The number of fused-ring (bicyclic) bond motifs is 7. The molecule has 0 heterocycles. The minimum atomic E-state index is 0.199. The summed E-state index contributed by atoms with van der Waals surface area (Å²) in [4.78, 5) is 0. The van der Waals surface area contributed by atoms with Crippen LogP contribution in [0.2, 0.25) is 0 Å². The summed E-state index contributed by atoms with van der Waals surface area (Å²) >= 11 is 0. The molecule has 30 heavy (non-hydrogen) atoms. The summed E-state index contributed by atoms with van der Waals surface area (Å²) < 4.78 is 0. The van der Waals surface area contributed by atoms with Gasteiger partial charge in [-0.3, -0.25) is 0 Å². The average Bonchev–Trinajstić information content (AvgIpc) is 2.65. The number of rotatable bonds is 0. The van der Waals surface area contributed by atoms with Crippen molar-refractivity contribution in [3.63, 3.8) is 0 Å². The van der Waals surface area contributed by atoms with Crippen LogP contribution in [0.5, 0.6) is 0 Å². The highest BCUT2D eigenvalue weighted by Gasteiger charge is 2.69. The fourth-order valence-electron chi connectivity index (χ4n) is 11.0. The van der Waals surface area contributed by atoms with Crippen LogP contribution in [0.4, 0.5) is 0 Å². The quantitative estimate of drug-likeness (QED) is 0.353. The molecule has 0 saturated heterocycles. The predicted molar refractivity (Wildman–Crippen MR) is 128 cm³/mol. The van der Waals surface area contributed by atoms with Crippen LogP contribution in [0, 0.1) is 74.4 Å². The van der Waals surface area contributed by atoms with E-state index in [1.54, 1.807) is 0 Å². The van der Waals surface area contributed by atoms with Crippen LogP contribution in [0.15, 0.2) is 0 Å². The SMILES string of the molecule is C[C@@H]1[C@H]2[C@H]3CC[C@@H]4[C@@]5(C)CC#CC(C)(C)C5CC[C@@]4(C)[C@]3(C)CC[C@@]2(C)CC[C@H]1C. The van der Waals surface area contributed by atoms with Crippen molar-refractivity contribution in [2.75, 3.05) is 0 Å². The second-order valence-corrected chi connectivity index (χ2v) is 14.4. The highest BCUT2D eigenvalue weighted by molar-refractivity contribution is 5.25. The molecular weight excluding hydrogens is 360 g/mol. The standard InChI is InChI=1S/C30H48/c1-20-12-16-27(5)18-19-29(7)22(25(27)21(20)2)10-11-24-28(6)15-9-14-26(3,4)23(28)13-17-30(24,29)8/h20-25H,10-13,15-19H2,1-8H3/t20-,21+,22-,23?,24-,25+,27-,28+,29-,30-/m1/s1. The highest BCUT2D eigenvalue weighted by atomic mass is 14.7. The lowest BCUT2D eigenvalue weighted by molar-refractivity contribution is -0.237. The molecule has 0 heteroatoms. The molecule has 4 fully saturated rings. The van der Waals surface area contributed by atoms with Crippen molar-refractivity contribution in [2.24, 2.45) is 62.6 Å². The predicted octanol–water partition coefficient (Wildman–Crippen LogP) is 8.36. The molecule has 0 radical (unpaired) electrons. The second kappa shape index (κ2) is 6.33. The third-order valence-corrected chi connectivity index (χ3v) is 13.0. The summed E-state index contributed by atoms with van der Waals surface area (Å²) in [6, 6.07) is 0. The van der Waals surface area contributed by atoms with Gasteiger partial charge in [-0.1, -0.05) is 47.5 Å². The minimum Gasteiger partial charge on any atom is -0.102 e. The van der Waals surface area contributed by atoms with E-state index in [0.29, 0.717) is 21.7 Å². The van der Waals surface area contributed by atoms with Crippen molar-refractivity contribution in [1.82, 2.24) is 0 Å². The molecule has 4 saturated carbocycles. The Morgan fingerprint density at radius 3 is 2.17 bits per heavy atom. The molecule has 0 aromatic carbocycles. The Hall–Kier alpha value is -0.440. The minimum absolute atomic E-state index is 0.199. The molecule has 5 aliphatic carbocycles. The largest absolute Gasteiger partial charge is 0.102 e. The van der Waals surface area contributed by atoms with Crippen molar-refractivity contribution >= 4 is 0 Å². The first-order valence-electron chi connectivity index (χ1n) is 13.4. The van der Waals surface area contributed by atoms with Crippen molar-refractivity contribution in [1.29, 1.82) is 0 Å². The van der Waals surface area contributed by atoms with Crippen LogP contribution in [0.25, 0.3) is 0 Å². The molecule has 0 nitrogen and oxygen atoms in total. The van der Waals surface area contributed by atoms with E-state index in [9.17, 15) is 0 Å². The van der Waals surface area contributed by atoms with Gasteiger partial charge in [0, 0.05) is 11.8 Å². The first-order chi connectivity index (χ1) is 13.9. The fourth-order valence-corrected chi connectivity index (χ4v) is 11.0. The van der Waals surface area contributed by atoms with Crippen molar-refractivity contribution < 1.29 is 0 Å². The summed E-state index contributed by atoms with van der Waals surface area (Å²) in [5.41, 5.74) is 2.25. The molecule has 5 aliphatic rings. The van der Waals surface area contributed by atoms with E-state index in [2.05, 4.69) is 67.2 Å². The van der Waals surface area contributed by atoms with E-state index in [0.717, 1.165) is 41.9 Å². The van der Waals surface area contributed by atoms with Crippen LogP contribution >= 0.6 is 0 Å². The molecule has 168 valence electrons. The first kappa shape index (κ1) is 21.4. The smallest absolute Gasteiger partial charge is 0.0292 e. The molecule has 5 rings (SSSR count). The van der Waals surface area contributed by atoms with Gasteiger partial charge in [0.1, 0.15) is 0 Å². The monoisotopic (exact) mass is 408 g/mol. The fraction of sp³-hybridized carbons (Fsp3) is 0.933. The zero-order chi connectivity index (χ0) is 21.7. The molecule has 10 atom stereocenters. The van der Waals surface area contributed by atoms with Crippen molar-refractivity contribution in [3.05, 3.63) is 0 Å². The summed E-state index contributed by atoms with van der Waals surface area (Å²) in [7, 11) is 0. The van der Waals surface area contributed by atoms with Crippen molar-refractivity contribution in [2.45, 2.75) is 113 Å². The van der Waals surface area contributed by atoms with Crippen molar-refractivity contribution in [3.8, 4) is 11.8 Å². The van der Waals surface area contributed by atoms with Gasteiger partial charge < -0.3 is 0 Å². The van der Waals surface area contributed by atoms with E-state index >= 15 is 0 Å². The summed E-state index contributed by atoms with van der Waals surface area (Å²) in [5.74, 6) is 12.7. The Morgan fingerprint density at radius 1 is 0.700 bits per heavy atom. The van der Waals surface area contributed by atoms with Crippen LogP contribution in [0.3, 0.4) is 0 Å². The molecule has 0 aliphatic heterocycles. The summed E-state index contributed by atoms with van der Waals surface area (Å²) in [6.07, 6.45) is 12.9. The Balaban J connectivity index is 1.55. The lowest BCUT2D eigenvalue weighted by Gasteiger charge is -2.73. The van der Waals surface area contributed by atoms with Gasteiger partial charge >= 0.3 is 0 Å². The Bertz CT molecular complexity index is 780. The molecule has 0 aromatic heterocycles. The zero-order valence-electron chi connectivity index (χ0n) is 21.3. The van der Waals surface area contributed by atoms with Gasteiger partial charge in [0.2, 0.25) is 0 Å². The van der Waals surface area contributed by atoms with Gasteiger partial charge in [0.25, 0.3) is 0 Å². The van der Waals surface area contributed by atoms with Crippen LogP contribution < -0.4 is 0 Å². The average molecular weight is 409 g/mol. The van der Waals surface area contributed by atoms with Crippen LogP contribution in [0.1, 0.15) is 113 Å². The third kappa shape index (κ3) is 2.48. The number of hydrogen-bond acceptors (Lipinski definition) is 0. The number of hydrogen-bond donors (Lipinski definition) is 0. The van der Waals surface area contributed by atoms with Gasteiger partial charge in [-0.25, -0.2) is 0 Å². The molecule has 1 unspecified atom stereocenters. The topological polar surface area (TPSA) is 0 Å². The Kier molecular flexibility index (Phi) is 4.51. The maximum absolute atomic E-state index is 3.66. The Labute approximate surface area is 187 Å². The third-order valence-electron chi connectivity index (χ3n) is 13.0. The molecular formula is C30H48.